The Labute approximate surface area is 190 Å². The van der Waals surface area contributed by atoms with Crippen molar-refractivity contribution in [3.8, 4) is 5.75 Å². The van der Waals surface area contributed by atoms with E-state index in [0.717, 1.165) is 38.0 Å². The molecule has 31 heavy (non-hydrogen) atoms. The van der Waals surface area contributed by atoms with Crippen molar-refractivity contribution in [3.63, 3.8) is 0 Å². The molecule has 0 aromatic heterocycles. The first-order valence-corrected chi connectivity index (χ1v) is 11.9. The van der Waals surface area contributed by atoms with Crippen LogP contribution in [0.5, 0.6) is 5.75 Å². The van der Waals surface area contributed by atoms with Crippen molar-refractivity contribution in [1.82, 2.24) is 9.80 Å². The molecule has 2 aliphatic heterocycles. The summed E-state index contributed by atoms with van der Waals surface area (Å²) in [6.07, 6.45) is 3.81. The standard InChI is InChI=1S/C24H35ClN2O4/c1-3-19(4-2)23(29)27-11-5-10-24(17-27,16-22(28)26-12-14-30-15-13-26)18-31-21-8-6-20(25)7-9-21/h6-9,19H,3-5,10-18H2,1-2H3. The molecule has 2 aliphatic rings. The van der Waals surface area contributed by atoms with E-state index in [2.05, 4.69) is 13.8 Å². The van der Waals surface area contributed by atoms with Crippen molar-refractivity contribution in [3.05, 3.63) is 29.3 Å². The van der Waals surface area contributed by atoms with Crippen LogP contribution in [-0.2, 0) is 14.3 Å². The molecule has 0 bridgehead atoms. The first kappa shape index (κ1) is 23.9. The lowest BCUT2D eigenvalue weighted by Crippen LogP contribution is -2.53. The number of ether oxygens (including phenoxy) is 2. The molecule has 1 aromatic rings. The molecule has 1 aromatic carbocycles. The molecule has 1 atom stereocenters. The predicted octanol–water partition coefficient (Wildman–Crippen LogP) is 4.01. The first-order chi connectivity index (χ1) is 15.0. The van der Waals surface area contributed by atoms with E-state index in [1.54, 1.807) is 12.1 Å². The minimum Gasteiger partial charge on any atom is -0.493 e. The van der Waals surface area contributed by atoms with Crippen LogP contribution in [0.15, 0.2) is 24.3 Å². The first-order valence-electron chi connectivity index (χ1n) is 11.5. The Morgan fingerprint density at radius 3 is 2.42 bits per heavy atom. The average molecular weight is 451 g/mol. The van der Waals surface area contributed by atoms with Crippen LogP contribution >= 0.6 is 11.6 Å². The van der Waals surface area contributed by atoms with Gasteiger partial charge in [0.1, 0.15) is 5.75 Å². The molecule has 172 valence electrons. The van der Waals surface area contributed by atoms with Crippen LogP contribution in [0.4, 0.5) is 0 Å². The second-order valence-electron chi connectivity index (χ2n) is 8.79. The largest absolute Gasteiger partial charge is 0.493 e. The molecule has 2 saturated heterocycles. The Hall–Kier alpha value is -1.79. The number of piperidine rings is 1. The monoisotopic (exact) mass is 450 g/mol. The third kappa shape index (κ3) is 6.36. The molecule has 2 heterocycles. The summed E-state index contributed by atoms with van der Waals surface area (Å²) in [4.78, 5) is 30.1. The van der Waals surface area contributed by atoms with Crippen molar-refractivity contribution < 1.29 is 19.1 Å². The van der Waals surface area contributed by atoms with Crippen molar-refractivity contribution >= 4 is 23.4 Å². The Balaban J connectivity index is 1.76. The van der Waals surface area contributed by atoms with Crippen LogP contribution in [0.3, 0.4) is 0 Å². The lowest BCUT2D eigenvalue weighted by Gasteiger charge is -2.44. The number of hydrogen-bond donors (Lipinski definition) is 0. The van der Waals surface area contributed by atoms with Gasteiger partial charge in [0.15, 0.2) is 0 Å². The topological polar surface area (TPSA) is 59.1 Å². The van der Waals surface area contributed by atoms with Gasteiger partial charge in [-0.3, -0.25) is 9.59 Å². The fourth-order valence-electron chi connectivity index (χ4n) is 4.62. The third-order valence-electron chi connectivity index (χ3n) is 6.56. The van der Waals surface area contributed by atoms with Gasteiger partial charge >= 0.3 is 0 Å². The highest BCUT2D eigenvalue weighted by Crippen LogP contribution is 2.36. The van der Waals surface area contributed by atoms with E-state index in [1.807, 2.05) is 21.9 Å². The van der Waals surface area contributed by atoms with E-state index in [4.69, 9.17) is 21.1 Å². The maximum Gasteiger partial charge on any atom is 0.225 e. The van der Waals surface area contributed by atoms with Gasteiger partial charge in [-0.2, -0.15) is 0 Å². The maximum absolute atomic E-state index is 13.1. The van der Waals surface area contributed by atoms with E-state index >= 15 is 0 Å². The smallest absolute Gasteiger partial charge is 0.225 e. The normalized spacial score (nSPS) is 21.9. The van der Waals surface area contributed by atoms with Crippen LogP contribution in [-0.4, -0.2) is 67.6 Å². The number of likely N-dealkylation sites (tertiary alicyclic amines) is 1. The minimum atomic E-state index is -0.394. The van der Waals surface area contributed by atoms with Crippen LogP contribution in [0, 0.1) is 11.3 Å². The number of benzene rings is 1. The summed E-state index contributed by atoms with van der Waals surface area (Å²) >= 11 is 5.99. The molecule has 0 N–H and O–H groups in total. The SMILES string of the molecule is CCC(CC)C(=O)N1CCCC(COc2ccc(Cl)cc2)(CC(=O)N2CCOCC2)C1. The van der Waals surface area contributed by atoms with Crippen LogP contribution in [0.2, 0.25) is 5.02 Å². The molecule has 3 rings (SSSR count). The lowest BCUT2D eigenvalue weighted by molar-refractivity contribution is -0.146. The van der Waals surface area contributed by atoms with Gasteiger partial charge < -0.3 is 19.3 Å². The van der Waals surface area contributed by atoms with Gasteiger partial charge in [-0.1, -0.05) is 25.4 Å². The Morgan fingerprint density at radius 1 is 1.10 bits per heavy atom. The van der Waals surface area contributed by atoms with E-state index < -0.39 is 5.41 Å². The summed E-state index contributed by atoms with van der Waals surface area (Å²) in [6.45, 7) is 8.27. The maximum atomic E-state index is 13.1. The summed E-state index contributed by atoms with van der Waals surface area (Å²) in [5.41, 5.74) is -0.394. The summed E-state index contributed by atoms with van der Waals surface area (Å²) in [5.74, 6) is 1.10. The summed E-state index contributed by atoms with van der Waals surface area (Å²) in [6, 6.07) is 7.28. The molecule has 1 unspecified atom stereocenters. The Kier molecular flexibility index (Phi) is 8.61. The highest BCUT2D eigenvalue weighted by Gasteiger charge is 2.41. The molecule has 0 spiro atoms. The van der Waals surface area contributed by atoms with E-state index in [1.165, 1.54) is 0 Å². The molecule has 7 heteroatoms. The zero-order valence-corrected chi connectivity index (χ0v) is 19.5. The second kappa shape index (κ2) is 11.2. The molecule has 6 nitrogen and oxygen atoms in total. The van der Waals surface area contributed by atoms with Crippen molar-refractivity contribution in [2.75, 3.05) is 46.0 Å². The van der Waals surface area contributed by atoms with Crippen LogP contribution in [0.1, 0.15) is 46.0 Å². The molecule has 0 aliphatic carbocycles. The summed E-state index contributed by atoms with van der Waals surface area (Å²) in [7, 11) is 0. The van der Waals surface area contributed by atoms with Gasteiger partial charge in [0.2, 0.25) is 11.8 Å². The number of carbonyl (C=O) groups is 2. The van der Waals surface area contributed by atoms with Gasteiger partial charge in [0.05, 0.1) is 19.8 Å². The van der Waals surface area contributed by atoms with E-state index in [9.17, 15) is 9.59 Å². The number of carbonyl (C=O) groups excluding carboxylic acids is 2. The van der Waals surface area contributed by atoms with Gasteiger partial charge in [0.25, 0.3) is 0 Å². The molecule has 2 amide bonds. The number of morpholine rings is 1. The number of halogens is 1. The third-order valence-corrected chi connectivity index (χ3v) is 6.81. The van der Waals surface area contributed by atoms with Gasteiger partial charge in [0, 0.05) is 49.0 Å². The zero-order chi connectivity index (χ0) is 22.3. The lowest BCUT2D eigenvalue weighted by atomic mass is 9.76. The average Bonchev–Trinajstić information content (AvgIpc) is 2.80. The van der Waals surface area contributed by atoms with Crippen molar-refractivity contribution in [1.29, 1.82) is 0 Å². The second-order valence-corrected chi connectivity index (χ2v) is 9.23. The number of rotatable bonds is 8. The quantitative estimate of drug-likeness (QED) is 0.600. The highest BCUT2D eigenvalue weighted by molar-refractivity contribution is 6.30. The number of hydrogen-bond acceptors (Lipinski definition) is 4. The van der Waals surface area contributed by atoms with Gasteiger partial charge in [-0.05, 0) is 49.9 Å². The molecular formula is C24H35ClN2O4. The van der Waals surface area contributed by atoms with Crippen molar-refractivity contribution in [2.24, 2.45) is 11.3 Å². The molecule has 0 saturated carbocycles. The Bertz CT molecular complexity index is 732. The van der Waals surface area contributed by atoms with E-state index in [-0.39, 0.29) is 17.7 Å². The fraction of sp³-hybridized carbons (Fsp3) is 0.667. The number of nitrogens with zero attached hydrogens (tertiary/aromatic N) is 2. The molecular weight excluding hydrogens is 416 g/mol. The highest BCUT2D eigenvalue weighted by atomic mass is 35.5. The Morgan fingerprint density at radius 2 is 1.77 bits per heavy atom. The zero-order valence-electron chi connectivity index (χ0n) is 18.8. The molecule has 0 radical (unpaired) electrons. The summed E-state index contributed by atoms with van der Waals surface area (Å²) in [5, 5.41) is 0.657. The van der Waals surface area contributed by atoms with Gasteiger partial charge in [-0.25, -0.2) is 0 Å². The van der Waals surface area contributed by atoms with Crippen LogP contribution in [0.25, 0.3) is 0 Å². The molecule has 2 fully saturated rings. The van der Waals surface area contributed by atoms with E-state index in [0.29, 0.717) is 50.9 Å². The van der Waals surface area contributed by atoms with Gasteiger partial charge in [-0.15, -0.1) is 0 Å². The fourth-order valence-corrected chi connectivity index (χ4v) is 4.74. The van der Waals surface area contributed by atoms with Crippen molar-refractivity contribution in [2.45, 2.75) is 46.0 Å². The minimum absolute atomic E-state index is 0.0444. The number of amides is 2. The van der Waals surface area contributed by atoms with Crippen LogP contribution < -0.4 is 4.74 Å². The summed E-state index contributed by atoms with van der Waals surface area (Å²) < 4.78 is 11.5. The predicted molar refractivity (Wildman–Crippen MR) is 121 cm³/mol.